The molecule has 5 nitrogen and oxygen atoms in total. The van der Waals surface area contributed by atoms with E-state index >= 15 is 0 Å². The van der Waals surface area contributed by atoms with Crippen molar-refractivity contribution in [2.24, 2.45) is 0 Å². The van der Waals surface area contributed by atoms with Crippen molar-refractivity contribution in [3.05, 3.63) is 42.2 Å². The highest BCUT2D eigenvalue weighted by molar-refractivity contribution is 5.93. The van der Waals surface area contributed by atoms with E-state index in [2.05, 4.69) is 10.3 Å². The molecule has 0 radical (unpaired) electrons. The molecule has 2 aromatic rings. The summed E-state index contributed by atoms with van der Waals surface area (Å²) >= 11 is 0. The second-order valence-electron chi connectivity index (χ2n) is 4.10. The third-order valence-corrected chi connectivity index (χ3v) is 2.72. The number of nitrogen functional groups attached to an aromatic ring is 1. The Morgan fingerprint density at radius 1 is 1.53 bits per heavy atom. The molecule has 3 N–H and O–H groups in total. The molecule has 0 fully saturated rings. The minimum Gasteiger partial charge on any atom is -0.397 e. The maximum absolute atomic E-state index is 13.1. The minimum absolute atomic E-state index is 0.124. The number of aromatic nitrogens is 2. The van der Waals surface area contributed by atoms with Crippen LogP contribution in [0, 0.1) is 5.82 Å². The highest BCUT2D eigenvalue weighted by Gasteiger charge is 2.09. The number of rotatable bonds is 4. The van der Waals surface area contributed by atoms with Crippen LogP contribution in [0.25, 0.3) is 0 Å². The summed E-state index contributed by atoms with van der Waals surface area (Å²) in [5.41, 5.74) is 6.28. The van der Waals surface area contributed by atoms with Gasteiger partial charge in [0.1, 0.15) is 18.2 Å². The Labute approximate surface area is 110 Å². The Morgan fingerprint density at radius 2 is 2.32 bits per heavy atom. The van der Waals surface area contributed by atoms with Gasteiger partial charge in [-0.25, -0.2) is 9.37 Å². The Kier molecular flexibility index (Phi) is 3.79. The van der Waals surface area contributed by atoms with Crippen molar-refractivity contribution in [1.82, 2.24) is 9.55 Å². The molecule has 0 atom stereocenters. The molecule has 1 aromatic carbocycles. The lowest BCUT2D eigenvalue weighted by molar-refractivity contribution is -0.116. The van der Waals surface area contributed by atoms with Gasteiger partial charge in [-0.1, -0.05) is 6.92 Å². The van der Waals surface area contributed by atoms with Crippen molar-refractivity contribution in [2.75, 3.05) is 11.1 Å². The Bertz CT molecular complexity index is 594. The zero-order chi connectivity index (χ0) is 13.8. The highest BCUT2D eigenvalue weighted by Crippen LogP contribution is 2.19. The summed E-state index contributed by atoms with van der Waals surface area (Å²) in [4.78, 5) is 16.0. The van der Waals surface area contributed by atoms with Gasteiger partial charge in [-0.15, -0.1) is 0 Å². The van der Waals surface area contributed by atoms with Crippen LogP contribution in [0.4, 0.5) is 15.8 Å². The van der Waals surface area contributed by atoms with Crippen molar-refractivity contribution in [1.29, 1.82) is 0 Å². The molecular weight excluding hydrogens is 247 g/mol. The number of amides is 1. The van der Waals surface area contributed by atoms with E-state index in [1.54, 1.807) is 17.0 Å². The number of anilines is 2. The standard InChI is InChI=1S/C13H15FN4O/c1-2-12-16-5-6-18(12)8-13(19)17-11-7-9(14)3-4-10(11)15/h3-7H,2,8,15H2,1H3,(H,17,19). The monoisotopic (exact) mass is 262 g/mol. The minimum atomic E-state index is -0.443. The number of hydrogen-bond donors (Lipinski definition) is 2. The number of hydrogen-bond acceptors (Lipinski definition) is 3. The van der Waals surface area contributed by atoms with E-state index in [0.717, 1.165) is 12.2 Å². The van der Waals surface area contributed by atoms with Gasteiger partial charge in [-0.2, -0.15) is 0 Å². The summed E-state index contributed by atoms with van der Waals surface area (Å²) < 4.78 is 14.8. The lowest BCUT2D eigenvalue weighted by Crippen LogP contribution is -2.20. The topological polar surface area (TPSA) is 72.9 Å². The number of carbonyl (C=O) groups excluding carboxylic acids is 1. The third-order valence-electron chi connectivity index (χ3n) is 2.72. The number of nitrogens with one attached hydrogen (secondary N) is 1. The van der Waals surface area contributed by atoms with Crippen LogP contribution < -0.4 is 11.1 Å². The SMILES string of the molecule is CCc1nccn1CC(=O)Nc1cc(F)ccc1N. The normalized spacial score (nSPS) is 10.4. The summed E-state index contributed by atoms with van der Waals surface area (Å²) in [5, 5.41) is 2.59. The molecule has 1 amide bonds. The van der Waals surface area contributed by atoms with Gasteiger partial charge in [0.2, 0.25) is 5.91 Å². The molecule has 0 aliphatic carbocycles. The number of benzene rings is 1. The van der Waals surface area contributed by atoms with Gasteiger partial charge < -0.3 is 15.6 Å². The van der Waals surface area contributed by atoms with Crippen LogP contribution in [0.1, 0.15) is 12.7 Å². The molecule has 0 bridgehead atoms. The summed E-state index contributed by atoms with van der Waals surface area (Å²) in [7, 11) is 0. The lowest BCUT2D eigenvalue weighted by Gasteiger charge is -2.10. The number of imidazole rings is 1. The summed E-state index contributed by atoms with van der Waals surface area (Å²) in [6.07, 6.45) is 4.11. The molecule has 19 heavy (non-hydrogen) atoms. The Morgan fingerprint density at radius 3 is 3.05 bits per heavy atom. The van der Waals surface area contributed by atoms with Crippen LogP contribution in [-0.4, -0.2) is 15.5 Å². The van der Waals surface area contributed by atoms with Crippen molar-refractivity contribution in [3.63, 3.8) is 0 Å². The second-order valence-corrected chi connectivity index (χ2v) is 4.10. The van der Waals surface area contributed by atoms with E-state index in [-0.39, 0.29) is 18.1 Å². The lowest BCUT2D eigenvalue weighted by atomic mass is 10.2. The number of halogens is 1. The fourth-order valence-electron chi connectivity index (χ4n) is 1.78. The van der Waals surface area contributed by atoms with E-state index in [0.29, 0.717) is 5.69 Å². The van der Waals surface area contributed by atoms with Crippen molar-refractivity contribution in [2.45, 2.75) is 19.9 Å². The Balaban J connectivity index is 2.07. The van der Waals surface area contributed by atoms with Crippen molar-refractivity contribution >= 4 is 17.3 Å². The largest absolute Gasteiger partial charge is 0.397 e. The molecule has 6 heteroatoms. The van der Waals surface area contributed by atoms with Crippen LogP contribution in [0.3, 0.4) is 0 Å². The highest BCUT2D eigenvalue weighted by atomic mass is 19.1. The average Bonchev–Trinajstić information content (AvgIpc) is 2.81. The molecule has 0 unspecified atom stereocenters. The first-order valence-electron chi connectivity index (χ1n) is 5.95. The van der Waals surface area contributed by atoms with Crippen LogP contribution in [-0.2, 0) is 17.8 Å². The number of carbonyl (C=O) groups is 1. The molecule has 0 aliphatic rings. The number of nitrogens with two attached hydrogens (primary N) is 1. The maximum atomic E-state index is 13.1. The summed E-state index contributed by atoms with van der Waals surface area (Å²) in [5.74, 6) is 0.105. The number of aryl methyl sites for hydroxylation is 1. The summed E-state index contributed by atoms with van der Waals surface area (Å²) in [6, 6.07) is 3.86. The Hall–Kier alpha value is -2.37. The van der Waals surface area contributed by atoms with Gasteiger partial charge >= 0.3 is 0 Å². The molecular formula is C13H15FN4O. The first-order valence-corrected chi connectivity index (χ1v) is 5.95. The zero-order valence-corrected chi connectivity index (χ0v) is 10.6. The van der Waals surface area contributed by atoms with Gasteiger partial charge in [-0.05, 0) is 18.2 Å². The first-order chi connectivity index (χ1) is 9.10. The fraction of sp³-hybridized carbons (Fsp3) is 0.231. The van der Waals surface area contributed by atoms with Gasteiger partial charge in [0.15, 0.2) is 0 Å². The summed E-state index contributed by atoms with van der Waals surface area (Å²) in [6.45, 7) is 2.08. The number of nitrogens with zero attached hydrogens (tertiary/aromatic N) is 2. The molecule has 2 rings (SSSR count). The van der Waals surface area contributed by atoms with E-state index in [4.69, 9.17) is 5.73 Å². The zero-order valence-electron chi connectivity index (χ0n) is 10.6. The molecule has 1 heterocycles. The average molecular weight is 262 g/mol. The predicted molar refractivity (Wildman–Crippen MR) is 71.0 cm³/mol. The molecule has 1 aromatic heterocycles. The van der Waals surface area contributed by atoms with E-state index in [1.165, 1.54) is 18.2 Å². The van der Waals surface area contributed by atoms with Crippen molar-refractivity contribution in [3.8, 4) is 0 Å². The molecule has 100 valence electrons. The molecule has 0 spiro atoms. The second kappa shape index (κ2) is 5.51. The van der Waals surface area contributed by atoms with Crippen LogP contribution in [0.15, 0.2) is 30.6 Å². The van der Waals surface area contributed by atoms with Gasteiger partial charge in [0.05, 0.1) is 11.4 Å². The molecule has 0 saturated carbocycles. The third kappa shape index (κ3) is 3.09. The van der Waals surface area contributed by atoms with Crippen LogP contribution in [0.5, 0.6) is 0 Å². The smallest absolute Gasteiger partial charge is 0.244 e. The fourth-order valence-corrected chi connectivity index (χ4v) is 1.78. The van der Waals surface area contributed by atoms with E-state index in [1.807, 2.05) is 6.92 Å². The maximum Gasteiger partial charge on any atom is 0.244 e. The quantitative estimate of drug-likeness (QED) is 0.825. The van der Waals surface area contributed by atoms with Crippen molar-refractivity contribution < 1.29 is 9.18 Å². The first kappa shape index (κ1) is 13.1. The van der Waals surface area contributed by atoms with Gasteiger partial charge in [0.25, 0.3) is 0 Å². The molecule has 0 aliphatic heterocycles. The van der Waals surface area contributed by atoms with Crippen LogP contribution in [0.2, 0.25) is 0 Å². The van der Waals surface area contributed by atoms with Gasteiger partial charge in [-0.3, -0.25) is 4.79 Å². The van der Waals surface area contributed by atoms with Crippen LogP contribution >= 0.6 is 0 Å². The molecule has 0 saturated heterocycles. The van der Waals surface area contributed by atoms with E-state index in [9.17, 15) is 9.18 Å². The van der Waals surface area contributed by atoms with E-state index < -0.39 is 5.82 Å². The van der Waals surface area contributed by atoms with Gasteiger partial charge in [0, 0.05) is 18.8 Å². The predicted octanol–water partition coefficient (Wildman–Crippen LogP) is 1.81.